The number of nitrogens with one attached hydrogen (secondary N) is 2. The first-order valence-electron chi connectivity index (χ1n) is 9.44. The van der Waals surface area contributed by atoms with E-state index in [4.69, 9.17) is 12.2 Å². The van der Waals surface area contributed by atoms with Gasteiger partial charge in [0.2, 0.25) is 11.8 Å². The molecule has 148 valence electrons. The van der Waals surface area contributed by atoms with Crippen molar-refractivity contribution in [2.24, 2.45) is 0 Å². The molecule has 0 unspecified atom stereocenters. The van der Waals surface area contributed by atoms with Crippen LogP contribution in [0.5, 0.6) is 0 Å². The van der Waals surface area contributed by atoms with E-state index >= 15 is 0 Å². The number of nitrogens with zero attached hydrogens (tertiary/aromatic N) is 3. The molecule has 29 heavy (non-hydrogen) atoms. The summed E-state index contributed by atoms with van der Waals surface area (Å²) in [7, 11) is 0. The quantitative estimate of drug-likeness (QED) is 0.632. The molecule has 1 aliphatic heterocycles. The summed E-state index contributed by atoms with van der Waals surface area (Å²) in [6, 6.07) is 15.2. The predicted octanol–water partition coefficient (Wildman–Crippen LogP) is 3.68. The van der Waals surface area contributed by atoms with E-state index in [2.05, 4.69) is 15.5 Å². The van der Waals surface area contributed by atoms with Crippen molar-refractivity contribution in [3.63, 3.8) is 0 Å². The minimum absolute atomic E-state index is 0.0147. The summed E-state index contributed by atoms with van der Waals surface area (Å²) in [6.45, 7) is 2.69. The summed E-state index contributed by atoms with van der Waals surface area (Å²) in [6.07, 6.45) is 1.36. The molecule has 2 aromatic carbocycles. The Hall–Kier alpha value is -3.26. The van der Waals surface area contributed by atoms with Gasteiger partial charge in [-0.05, 0) is 37.7 Å². The largest absolute Gasteiger partial charge is 0.323 e. The van der Waals surface area contributed by atoms with E-state index in [0.717, 1.165) is 23.2 Å². The maximum absolute atomic E-state index is 12.8. The standard InChI is InChI=1S/C21H21N5O2S/c1-14-8-10-15(11-9-14)20-23-24-21(29)26(20)13-18(27)22-16-5-2-3-6-17(16)25-12-4-7-19(25)28/h2-3,5-6,8-11H,4,7,12-13H2,1H3,(H,22,27)(H,24,29). The highest BCUT2D eigenvalue weighted by atomic mass is 32.1. The number of aromatic nitrogens is 3. The molecule has 0 saturated carbocycles. The van der Waals surface area contributed by atoms with Crippen LogP contribution in [0, 0.1) is 11.7 Å². The number of aryl methyl sites for hydroxylation is 1. The summed E-state index contributed by atoms with van der Waals surface area (Å²) in [5.74, 6) is 0.438. The monoisotopic (exact) mass is 407 g/mol. The molecule has 3 aromatic rings. The molecule has 0 spiro atoms. The maximum atomic E-state index is 12.8. The number of hydrogen-bond acceptors (Lipinski definition) is 4. The van der Waals surface area contributed by atoms with Crippen LogP contribution < -0.4 is 10.2 Å². The van der Waals surface area contributed by atoms with E-state index in [0.29, 0.717) is 29.2 Å². The SMILES string of the molecule is Cc1ccc(-c2n[nH]c(=S)n2CC(=O)Nc2ccccc2N2CCCC2=O)cc1. The minimum atomic E-state index is -0.241. The van der Waals surface area contributed by atoms with Crippen molar-refractivity contribution in [1.82, 2.24) is 14.8 Å². The number of benzene rings is 2. The van der Waals surface area contributed by atoms with Gasteiger partial charge in [-0.3, -0.25) is 19.3 Å². The van der Waals surface area contributed by atoms with Gasteiger partial charge in [0, 0.05) is 18.5 Å². The third-order valence-corrected chi connectivity index (χ3v) is 5.22. The smallest absolute Gasteiger partial charge is 0.244 e. The zero-order valence-electron chi connectivity index (χ0n) is 16.0. The van der Waals surface area contributed by atoms with Crippen LogP contribution in [0.1, 0.15) is 18.4 Å². The van der Waals surface area contributed by atoms with Crippen molar-refractivity contribution in [2.45, 2.75) is 26.3 Å². The normalized spacial score (nSPS) is 13.7. The lowest BCUT2D eigenvalue weighted by Gasteiger charge is -2.20. The number of para-hydroxylation sites is 2. The molecule has 1 aromatic heterocycles. The Bertz CT molecular complexity index is 1120. The number of rotatable bonds is 5. The highest BCUT2D eigenvalue weighted by Gasteiger charge is 2.24. The van der Waals surface area contributed by atoms with Crippen LogP contribution in [0.25, 0.3) is 11.4 Å². The van der Waals surface area contributed by atoms with Crippen LogP contribution in [0.2, 0.25) is 0 Å². The minimum Gasteiger partial charge on any atom is -0.323 e. The number of anilines is 2. The second-order valence-corrected chi connectivity index (χ2v) is 7.41. The number of aromatic amines is 1. The van der Waals surface area contributed by atoms with E-state index in [9.17, 15) is 9.59 Å². The van der Waals surface area contributed by atoms with Crippen molar-refractivity contribution in [3.8, 4) is 11.4 Å². The van der Waals surface area contributed by atoms with Crippen molar-refractivity contribution in [1.29, 1.82) is 0 Å². The number of hydrogen-bond donors (Lipinski definition) is 2. The summed E-state index contributed by atoms with van der Waals surface area (Å²) >= 11 is 5.32. The number of carbonyl (C=O) groups excluding carboxylic acids is 2. The van der Waals surface area contributed by atoms with Crippen molar-refractivity contribution < 1.29 is 9.59 Å². The lowest BCUT2D eigenvalue weighted by Crippen LogP contribution is -2.26. The van der Waals surface area contributed by atoms with Gasteiger partial charge in [-0.25, -0.2) is 0 Å². The molecule has 1 aliphatic rings. The fraction of sp³-hybridized carbons (Fsp3) is 0.238. The first-order valence-corrected chi connectivity index (χ1v) is 9.85. The second-order valence-electron chi connectivity index (χ2n) is 7.02. The van der Waals surface area contributed by atoms with Gasteiger partial charge in [0.15, 0.2) is 10.6 Å². The lowest BCUT2D eigenvalue weighted by molar-refractivity contribution is -0.117. The van der Waals surface area contributed by atoms with Crippen LogP contribution in [0.3, 0.4) is 0 Å². The molecule has 1 saturated heterocycles. The Morgan fingerprint density at radius 2 is 1.97 bits per heavy atom. The van der Waals surface area contributed by atoms with Gasteiger partial charge in [0.1, 0.15) is 6.54 Å². The summed E-state index contributed by atoms with van der Waals surface area (Å²) in [5, 5.41) is 9.96. The Kier molecular flexibility index (Phi) is 5.26. The molecule has 2 heterocycles. The zero-order chi connectivity index (χ0) is 20.4. The fourth-order valence-corrected chi connectivity index (χ4v) is 3.63. The van der Waals surface area contributed by atoms with Crippen LogP contribution in [-0.4, -0.2) is 33.1 Å². The summed E-state index contributed by atoms with van der Waals surface area (Å²) in [4.78, 5) is 26.6. The Morgan fingerprint density at radius 3 is 2.69 bits per heavy atom. The lowest BCUT2D eigenvalue weighted by atomic mass is 10.1. The summed E-state index contributed by atoms with van der Waals surface area (Å²) < 4.78 is 2.04. The van der Waals surface area contributed by atoms with Crippen LogP contribution >= 0.6 is 12.2 Å². The van der Waals surface area contributed by atoms with E-state index in [1.54, 1.807) is 15.5 Å². The summed E-state index contributed by atoms with van der Waals surface area (Å²) in [5.41, 5.74) is 3.34. The number of carbonyl (C=O) groups is 2. The van der Waals surface area contributed by atoms with E-state index in [1.165, 1.54) is 0 Å². The molecule has 1 fully saturated rings. The number of H-pyrrole nitrogens is 1. The van der Waals surface area contributed by atoms with Gasteiger partial charge in [-0.15, -0.1) is 0 Å². The Labute approximate surface area is 173 Å². The van der Waals surface area contributed by atoms with Crippen LogP contribution in [0.4, 0.5) is 11.4 Å². The molecular formula is C21H21N5O2S. The second kappa shape index (κ2) is 8.00. The molecule has 2 amide bonds. The van der Waals surface area contributed by atoms with Crippen molar-refractivity contribution >= 4 is 35.4 Å². The Balaban J connectivity index is 1.56. The third kappa shape index (κ3) is 3.97. The van der Waals surface area contributed by atoms with E-state index in [1.807, 2.05) is 49.4 Å². The molecule has 4 rings (SSSR count). The highest BCUT2D eigenvalue weighted by molar-refractivity contribution is 7.71. The number of amides is 2. The molecule has 0 bridgehead atoms. The topological polar surface area (TPSA) is 83.0 Å². The first kappa shape index (κ1) is 19.1. The van der Waals surface area contributed by atoms with Gasteiger partial charge in [0.05, 0.1) is 11.4 Å². The molecule has 8 heteroatoms. The third-order valence-electron chi connectivity index (χ3n) is 4.91. The van der Waals surface area contributed by atoms with Crippen LogP contribution in [-0.2, 0) is 16.1 Å². The molecule has 2 N–H and O–H groups in total. The molecular weight excluding hydrogens is 386 g/mol. The predicted molar refractivity (Wildman–Crippen MR) is 114 cm³/mol. The molecule has 0 aliphatic carbocycles. The van der Waals surface area contributed by atoms with Crippen molar-refractivity contribution in [3.05, 3.63) is 58.9 Å². The maximum Gasteiger partial charge on any atom is 0.244 e. The van der Waals surface area contributed by atoms with Gasteiger partial charge in [-0.1, -0.05) is 42.0 Å². The van der Waals surface area contributed by atoms with Gasteiger partial charge >= 0.3 is 0 Å². The average molecular weight is 407 g/mol. The average Bonchev–Trinajstić information content (AvgIpc) is 3.29. The van der Waals surface area contributed by atoms with Crippen molar-refractivity contribution in [2.75, 3.05) is 16.8 Å². The highest BCUT2D eigenvalue weighted by Crippen LogP contribution is 2.29. The van der Waals surface area contributed by atoms with Gasteiger partial charge in [0.25, 0.3) is 0 Å². The molecule has 7 nitrogen and oxygen atoms in total. The van der Waals surface area contributed by atoms with E-state index < -0.39 is 0 Å². The van der Waals surface area contributed by atoms with Gasteiger partial charge in [-0.2, -0.15) is 5.10 Å². The molecule has 0 atom stereocenters. The molecule has 0 radical (unpaired) electrons. The van der Waals surface area contributed by atoms with Crippen LogP contribution in [0.15, 0.2) is 48.5 Å². The van der Waals surface area contributed by atoms with E-state index in [-0.39, 0.29) is 18.4 Å². The Morgan fingerprint density at radius 1 is 1.21 bits per heavy atom. The zero-order valence-corrected chi connectivity index (χ0v) is 16.8. The fourth-order valence-electron chi connectivity index (χ4n) is 3.44. The van der Waals surface area contributed by atoms with Gasteiger partial charge < -0.3 is 10.2 Å². The first-order chi connectivity index (χ1) is 14.0.